The lowest BCUT2D eigenvalue weighted by atomic mass is 10.2. The van der Waals surface area contributed by atoms with Gasteiger partial charge in [0.2, 0.25) is 5.91 Å². The van der Waals surface area contributed by atoms with Crippen LogP contribution in [0.15, 0.2) is 47.6 Å². The van der Waals surface area contributed by atoms with E-state index in [1.807, 2.05) is 49.7 Å². The van der Waals surface area contributed by atoms with E-state index in [-0.39, 0.29) is 17.8 Å². The maximum absolute atomic E-state index is 12.3. The van der Waals surface area contributed by atoms with Crippen LogP contribution in [0.3, 0.4) is 0 Å². The summed E-state index contributed by atoms with van der Waals surface area (Å²) >= 11 is 7.30. The first-order valence-electron chi connectivity index (χ1n) is 9.26. The second kappa shape index (κ2) is 9.86. The molecule has 1 N–H and O–H groups in total. The topological polar surface area (TPSA) is 78.3 Å². The van der Waals surface area contributed by atoms with Gasteiger partial charge in [-0.2, -0.15) is 0 Å². The van der Waals surface area contributed by atoms with Crippen molar-refractivity contribution in [2.24, 2.45) is 7.05 Å². The number of halogens is 1. The number of nitrogens with zero attached hydrogens (tertiary/aromatic N) is 3. The molecule has 2 aromatic carbocycles. The van der Waals surface area contributed by atoms with Gasteiger partial charge in [0.05, 0.1) is 18.6 Å². The number of methoxy groups -OCH3 is 1. The van der Waals surface area contributed by atoms with Gasteiger partial charge in [-0.25, -0.2) is 0 Å². The lowest BCUT2D eigenvalue weighted by Crippen LogP contribution is -2.15. The number of ether oxygens (including phenoxy) is 2. The minimum atomic E-state index is -0.320. The molecule has 1 heterocycles. The molecule has 0 bridgehead atoms. The van der Waals surface area contributed by atoms with Gasteiger partial charge in [-0.3, -0.25) is 4.79 Å². The van der Waals surface area contributed by atoms with E-state index in [4.69, 9.17) is 21.1 Å². The molecule has 0 saturated heterocycles. The van der Waals surface area contributed by atoms with E-state index in [0.29, 0.717) is 27.4 Å². The van der Waals surface area contributed by atoms with E-state index in [1.54, 1.807) is 25.3 Å². The third kappa shape index (κ3) is 5.25. The fourth-order valence-corrected chi connectivity index (χ4v) is 3.80. The number of rotatable bonds is 8. The largest absolute Gasteiger partial charge is 0.495 e. The smallest absolute Gasteiger partial charge is 0.234 e. The highest BCUT2D eigenvalue weighted by Crippen LogP contribution is 2.28. The Labute approximate surface area is 184 Å². The summed E-state index contributed by atoms with van der Waals surface area (Å²) in [6, 6.07) is 12.7. The predicted molar refractivity (Wildman–Crippen MR) is 119 cm³/mol. The van der Waals surface area contributed by atoms with Crippen LogP contribution in [0.5, 0.6) is 11.5 Å². The van der Waals surface area contributed by atoms with Gasteiger partial charge < -0.3 is 19.4 Å². The quantitative estimate of drug-likeness (QED) is 0.507. The molecule has 0 saturated carbocycles. The number of hydrogen-bond acceptors (Lipinski definition) is 6. The van der Waals surface area contributed by atoms with Gasteiger partial charge in [-0.15, -0.1) is 10.2 Å². The molecule has 0 aliphatic heterocycles. The van der Waals surface area contributed by atoms with E-state index < -0.39 is 0 Å². The number of benzene rings is 2. The number of para-hydroxylation sites is 2. The van der Waals surface area contributed by atoms with Gasteiger partial charge in [0, 0.05) is 12.1 Å². The Hall–Kier alpha value is -2.71. The van der Waals surface area contributed by atoms with Crippen LogP contribution in [0.1, 0.15) is 24.4 Å². The summed E-state index contributed by atoms with van der Waals surface area (Å²) in [5, 5.41) is 12.6. The third-order valence-corrected chi connectivity index (χ3v) is 5.64. The highest BCUT2D eigenvalue weighted by Gasteiger charge is 2.19. The van der Waals surface area contributed by atoms with Gasteiger partial charge >= 0.3 is 0 Å². The van der Waals surface area contributed by atoms with Crippen molar-refractivity contribution in [1.82, 2.24) is 14.8 Å². The standard InChI is InChI=1S/C21H23ClN4O3S/c1-13-11-15(22)9-10-17(13)29-14(2)20-24-25-21(26(20)3)30-12-19(27)23-16-7-5-6-8-18(16)28-4/h5-11,14H,12H2,1-4H3,(H,23,27). The Kier molecular flexibility index (Phi) is 7.23. The Morgan fingerprint density at radius 1 is 1.23 bits per heavy atom. The van der Waals surface area contributed by atoms with Gasteiger partial charge in [0.1, 0.15) is 11.5 Å². The normalized spacial score (nSPS) is 11.8. The van der Waals surface area contributed by atoms with E-state index in [0.717, 1.165) is 11.3 Å². The van der Waals surface area contributed by atoms with Crippen LogP contribution < -0.4 is 14.8 Å². The Morgan fingerprint density at radius 2 is 2.00 bits per heavy atom. The van der Waals surface area contributed by atoms with Gasteiger partial charge in [0.15, 0.2) is 17.1 Å². The van der Waals surface area contributed by atoms with E-state index >= 15 is 0 Å². The zero-order chi connectivity index (χ0) is 21.7. The van der Waals surface area contributed by atoms with Crippen molar-refractivity contribution in [1.29, 1.82) is 0 Å². The SMILES string of the molecule is COc1ccccc1NC(=O)CSc1nnc(C(C)Oc2ccc(Cl)cc2C)n1C. The fraction of sp³-hybridized carbons (Fsp3) is 0.286. The number of carbonyl (C=O) groups is 1. The molecule has 3 rings (SSSR count). The van der Waals surface area contributed by atoms with Gasteiger partial charge in [0.25, 0.3) is 0 Å². The first-order valence-corrected chi connectivity index (χ1v) is 10.6. The Morgan fingerprint density at radius 3 is 2.73 bits per heavy atom. The van der Waals surface area contributed by atoms with Crippen molar-refractivity contribution in [3.8, 4) is 11.5 Å². The van der Waals surface area contributed by atoms with Crippen molar-refractivity contribution in [2.75, 3.05) is 18.2 Å². The summed E-state index contributed by atoms with van der Waals surface area (Å²) in [6.07, 6.45) is -0.320. The van der Waals surface area contributed by atoms with Crippen molar-refractivity contribution in [2.45, 2.75) is 25.1 Å². The maximum Gasteiger partial charge on any atom is 0.234 e. The molecule has 0 aliphatic carbocycles. The van der Waals surface area contributed by atoms with Crippen LogP contribution >= 0.6 is 23.4 Å². The van der Waals surface area contributed by atoms with Crippen LogP contribution in [0, 0.1) is 6.92 Å². The summed E-state index contributed by atoms with van der Waals surface area (Å²) in [6.45, 7) is 3.84. The molecule has 158 valence electrons. The van der Waals surface area contributed by atoms with E-state index in [9.17, 15) is 4.79 Å². The number of thioether (sulfide) groups is 1. The molecule has 0 radical (unpaired) electrons. The molecular formula is C21H23ClN4O3S. The summed E-state index contributed by atoms with van der Waals surface area (Å²) in [5.41, 5.74) is 1.57. The van der Waals surface area contributed by atoms with Gasteiger partial charge in [-0.1, -0.05) is 35.5 Å². The number of hydrogen-bond donors (Lipinski definition) is 1. The molecular weight excluding hydrogens is 424 g/mol. The highest BCUT2D eigenvalue weighted by molar-refractivity contribution is 7.99. The molecule has 9 heteroatoms. The number of amides is 1. The molecule has 1 aromatic heterocycles. The van der Waals surface area contributed by atoms with Crippen molar-refractivity contribution >= 4 is 35.0 Å². The first kappa shape index (κ1) is 22.0. The molecule has 1 unspecified atom stereocenters. The van der Waals surface area contributed by atoms with Crippen molar-refractivity contribution in [3.05, 3.63) is 58.9 Å². The Balaban J connectivity index is 1.61. The van der Waals surface area contributed by atoms with Crippen molar-refractivity contribution in [3.63, 3.8) is 0 Å². The summed E-state index contributed by atoms with van der Waals surface area (Å²) in [4.78, 5) is 12.3. The van der Waals surface area contributed by atoms with Gasteiger partial charge in [-0.05, 0) is 49.7 Å². The minimum Gasteiger partial charge on any atom is -0.495 e. The summed E-state index contributed by atoms with van der Waals surface area (Å²) < 4.78 is 13.1. The molecule has 0 spiro atoms. The summed E-state index contributed by atoms with van der Waals surface area (Å²) in [7, 11) is 3.42. The molecule has 1 amide bonds. The van der Waals surface area contributed by atoms with Crippen LogP contribution in [-0.2, 0) is 11.8 Å². The van der Waals surface area contributed by atoms with E-state index in [1.165, 1.54) is 11.8 Å². The lowest BCUT2D eigenvalue weighted by molar-refractivity contribution is -0.113. The fourth-order valence-electron chi connectivity index (χ4n) is 2.86. The summed E-state index contributed by atoms with van der Waals surface area (Å²) in [5.74, 6) is 2.04. The number of aromatic nitrogens is 3. The minimum absolute atomic E-state index is 0.157. The molecule has 7 nitrogen and oxygen atoms in total. The lowest BCUT2D eigenvalue weighted by Gasteiger charge is -2.16. The average molecular weight is 447 g/mol. The van der Waals surface area contributed by atoms with Crippen molar-refractivity contribution < 1.29 is 14.3 Å². The number of aryl methyl sites for hydroxylation is 1. The van der Waals surface area contributed by atoms with Crippen LogP contribution in [0.25, 0.3) is 0 Å². The second-order valence-electron chi connectivity index (χ2n) is 6.61. The monoisotopic (exact) mass is 446 g/mol. The molecule has 0 fully saturated rings. The molecule has 3 aromatic rings. The number of carbonyl (C=O) groups excluding carboxylic acids is 1. The Bertz CT molecular complexity index is 1040. The number of anilines is 1. The maximum atomic E-state index is 12.3. The highest BCUT2D eigenvalue weighted by atomic mass is 35.5. The van der Waals surface area contributed by atoms with Crippen LogP contribution in [-0.4, -0.2) is 33.5 Å². The first-order chi connectivity index (χ1) is 14.4. The second-order valence-corrected chi connectivity index (χ2v) is 7.99. The molecule has 0 aliphatic rings. The van der Waals surface area contributed by atoms with Crippen LogP contribution in [0.4, 0.5) is 5.69 Å². The molecule has 1 atom stereocenters. The third-order valence-electron chi connectivity index (χ3n) is 4.39. The zero-order valence-electron chi connectivity index (χ0n) is 17.2. The number of nitrogens with one attached hydrogen (secondary N) is 1. The van der Waals surface area contributed by atoms with E-state index in [2.05, 4.69) is 15.5 Å². The predicted octanol–water partition coefficient (Wildman–Crippen LogP) is 4.66. The molecule has 30 heavy (non-hydrogen) atoms. The average Bonchev–Trinajstić information content (AvgIpc) is 3.09. The van der Waals surface area contributed by atoms with Crippen LogP contribution in [0.2, 0.25) is 5.02 Å². The zero-order valence-corrected chi connectivity index (χ0v) is 18.8.